The maximum absolute atomic E-state index is 11.7. The first-order valence-corrected chi connectivity index (χ1v) is 6.97. The molecule has 2 rings (SSSR count). The van der Waals surface area contributed by atoms with Crippen LogP contribution in [-0.4, -0.2) is 50.1 Å². The van der Waals surface area contributed by atoms with Gasteiger partial charge in [0.1, 0.15) is 0 Å². The molecular weight excluding hydrogens is 214 g/mol. The fourth-order valence-corrected chi connectivity index (χ4v) is 3.12. The van der Waals surface area contributed by atoms with Crippen molar-refractivity contribution in [2.45, 2.75) is 38.1 Å². The maximum atomic E-state index is 11.7. The normalized spacial score (nSPS) is 31.8. The molecule has 0 aliphatic carbocycles. The van der Waals surface area contributed by atoms with Gasteiger partial charge in [0.15, 0.2) is 0 Å². The van der Waals surface area contributed by atoms with E-state index >= 15 is 0 Å². The Morgan fingerprint density at radius 2 is 2.12 bits per heavy atom. The predicted octanol–water partition coefficient (Wildman–Crippen LogP) is 0.587. The number of hydrogen-bond donors (Lipinski definition) is 2. The zero-order valence-corrected chi connectivity index (χ0v) is 10.9. The largest absolute Gasteiger partial charge is 0.359 e. The van der Waals surface area contributed by atoms with Crippen molar-refractivity contribution in [2.24, 2.45) is 5.92 Å². The molecule has 2 saturated heterocycles. The van der Waals surface area contributed by atoms with Crippen LogP contribution >= 0.6 is 0 Å². The van der Waals surface area contributed by atoms with Gasteiger partial charge in [0.05, 0.1) is 5.92 Å². The van der Waals surface area contributed by atoms with E-state index in [1.807, 2.05) is 0 Å². The smallest absolute Gasteiger partial charge is 0.224 e. The third-order valence-corrected chi connectivity index (χ3v) is 4.13. The summed E-state index contributed by atoms with van der Waals surface area (Å²) in [5, 5.41) is 6.25. The number of rotatable bonds is 2. The lowest BCUT2D eigenvalue weighted by Gasteiger charge is -2.37. The summed E-state index contributed by atoms with van der Waals surface area (Å²) in [6.07, 6.45) is 6.02. The van der Waals surface area contributed by atoms with Gasteiger partial charge in [-0.25, -0.2) is 0 Å². The topological polar surface area (TPSA) is 44.4 Å². The summed E-state index contributed by atoms with van der Waals surface area (Å²) < 4.78 is 0. The lowest BCUT2D eigenvalue weighted by atomic mass is 9.94. The van der Waals surface area contributed by atoms with E-state index in [9.17, 15) is 4.79 Å². The number of nitrogens with zero attached hydrogens (tertiary/aromatic N) is 1. The quantitative estimate of drug-likeness (QED) is 0.741. The molecule has 0 spiro atoms. The Morgan fingerprint density at radius 1 is 1.24 bits per heavy atom. The lowest BCUT2D eigenvalue weighted by Crippen LogP contribution is -2.46. The second-order valence-electron chi connectivity index (χ2n) is 5.28. The fourth-order valence-electron chi connectivity index (χ4n) is 3.12. The van der Waals surface area contributed by atoms with Crippen molar-refractivity contribution in [3.05, 3.63) is 0 Å². The number of amides is 1. The van der Waals surface area contributed by atoms with Crippen molar-refractivity contribution < 1.29 is 4.79 Å². The van der Waals surface area contributed by atoms with Crippen LogP contribution in [0.2, 0.25) is 0 Å². The minimum Gasteiger partial charge on any atom is -0.359 e. The zero-order chi connectivity index (χ0) is 12.1. The van der Waals surface area contributed by atoms with E-state index in [-0.39, 0.29) is 11.8 Å². The summed E-state index contributed by atoms with van der Waals surface area (Å²) in [5.41, 5.74) is 0. The Morgan fingerprint density at radius 3 is 2.94 bits per heavy atom. The van der Waals surface area contributed by atoms with Gasteiger partial charge in [-0.1, -0.05) is 0 Å². The Balaban J connectivity index is 1.89. The average Bonchev–Trinajstić information content (AvgIpc) is 2.67. The van der Waals surface area contributed by atoms with E-state index < -0.39 is 0 Å². The molecule has 4 nitrogen and oxygen atoms in total. The molecule has 0 aromatic carbocycles. The Kier molecular flexibility index (Phi) is 4.80. The molecule has 2 fully saturated rings. The molecule has 2 N–H and O–H groups in total. The first-order chi connectivity index (χ1) is 8.31. The average molecular weight is 239 g/mol. The number of hydrogen-bond acceptors (Lipinski definition) is 3. The van der Waals surface area contributed by atoms with Crippen molar-refractivity contribution in [1.29, 1.82) is 0 Å². The first-order valence-electron chi connectivity index (χ1n) is 6.97. The molecule has 2 aliphatic rings. The molecule has 2 unspecified atom stereocenters. The van der Waals surface area contributed by atoms with Gasteiger partial charge in [-0.15, -0.1) is 0 Å². The molecule has 0 bridgehead atoms. The van der Waals surface area contributed by atoms with Crippen LogP contribution in [0.15, 0.2) is 0 Å². The molecule has 4 heteroatoms. The lowest BCUT2D eigenvalue weighted by molar-refractivity contribution is -0.126. The van der Waals surface area contributed by atoms with E-state index in [4.69, 9.17) is 0 Å². The van der Waals surface area contributed by atoms with Crippen molar-refractivity contribution >= 4 is 5.91 Å². The molecule has 0 aromatic heterocycles. The van der Waals surface area contributed by atoms with Gasteiger partial charge in [-0.3, -0.25) is 9.69 Å². The third kappa shape index (κ3) is 3.42. The van der Waals surface area contributed by atoms with Gasteiger partial charge < -0.3 is 10.6 Å². The van der Waals surface area contributed by atoms with Gasteiger partial charge in [-0.05, 0) is 51.7 Å². The van der Waals surface area contributed by atoms with Crippen LogP contribution in [0.4, 0.5) is 0 Å². The van der Waals surface area contributed by atoms with Crippen molar-refractivity contribution in [3.63, 3.8) is 0 Å². The molecular formula is C13H25N3O. The van der Waals surface area contributed by atoms with Crippen LogP contribution in [0.25, 0.3) is 0 Å². The number of nitrogens with one attached hydrogen (secondary N) is 2. The zero-order valence-electron chi connectivity index (χ0n) is 10.9. The molecule has 0 aromatic rings. The summed E-state index contributed by atoms with van der Waals surface area (Å²) in [6, 6.07) is 0.692. The number of piperidine rings is 1. The summed E-state index contributed by atoms with van der Waals surface area (Å²) in [6.45, 7) is 4.43. The van der Waals surface area contributed by atoms with Crippen LogP contribution in [-0.2, 0) is 4.79 Å². The molecule has 2 atom stereocenters. The number of likely N-dealkylation sites (tertiary alicyclic amines) is 1. The van der Waals surface area contributed by atoms with Crippen molar-refractivity contribution in [3.8, 4) is 0 Å². The van der Waals surface area contributed by atoms with Crippen molar-refractivity contribution in [1.82, 2.24) is 15.5 Å². The molecule has 0 saturated carbocycles. The molecule has 17 heavy (non-hydrogen) atoms. The van der Waals surface area contributed by atoms with Crippen LogP contribution in [0.5, 0.6) is 0 Å². The van der Waals surface area contributed by atoms with Gasteiger partial charge in [-0.2, -0.15) is 0 Å². The Labute approximate surface area is 104 Å². The fraction of sp³-hybridized carbons (Fsp3) is 0.923. The third-order valence-electron chi connectivity index (χ3n) is 4.13. The Bertz CT molecular complexity index is 249. The van der Waals surface area contributed by atoms with E-state index in [0.717, 1.165) is 26.1 Å². The monoisotopic (exact) mass is 239 g/mol. The van der Waals surface area contributed by atoms with Gasteiger partial charge >= 0.3 is 0 Å². The van der Waals surface area contributed by atoms with Crippen LogP contribution in [0.1, 0.15) is 32.1 Å². The highest BCUT2D eigenvalue weighted by atomic mass is 16.1. The van der Waals surface area contributed by atoms with Crippen LogP contribution in [0, 0.1) is 5.92 Å². The second-order valence-corrected chi connectivity index (χ2v) is 5.28. The van der Waals surface area contributed by atoms with E-state index in [1.54, 1.807) is 7.05 Å². The standard InChI is InChI=1S/C13H25N3O/c1-14-13(17)11-4-3-9-16(10-11)12-5-2-7-15-8-6-12/h11-12,15H,2-10H2,1H3,(H,14,17). The van der Waals surface area contributed by atoms with E-state index in [0.29, 0.717) is 6.04 Å². The number of carbonyl (C=O) groups excluding carboxylic acids is 1. The summed E-state index contributed by atoms with van der Waals surface area (Å²) >= 11 is 0. The predicted molar refractivity (Wildman–Crippen MR) is 68.9 cm³/mol. The second kappa shape index (κ2) is 6.36. The molecule has 1 amide bonds. The summed E-state index contributed by atoms with van der Waals surface area (Å²) in [7, 11) is 1.75. The highest BCUT2D eigenvalue weighted by Gasteiger charge is 2.29. The minimum atomic E-state index is 0.213. The van der Waals surface area contributed by atoms with E-state index in [2.05, 4.69) is 15.5 Å². The van der Waals surface area contributed by atoms with Gasteiger partial charge in [0.2, 0.25) is 5.91 Å². The minimum absolute atomic E-state index is 0.213. The molecule has 2 heterocycles. The van der Waals surface area contributed by atoms with Gasteiger partial charge in [0, 0.05) is 19.6 Å². The summed E-state index contributed by atoms with van der Waals surface area (Å²) in [4.78, 5) is 14.3. The van der Waals surface area contributed by atoms with Gasteiger partial charge in [0.25, 0.3) is 0 Å². The van der Waals surface area contributed by atoms with Crippen molar-refractivity contribution in [2.75, 3.05) is 33.2 Å². The number of carbonyl (C=O) groups is 1. The maximum Gasteiger partial charge on any atom is 0.224 e. The molecule has 2 aliphatic heterocycles. The Hall–Kier alpha value is -0.610. The molecule has 0 radical (unpaired) electrons. The molecule has 98 valence electrons. The highest BCUT2D eigenvalue weighted by Crippen LogP contribution is 2.22. The SMILES string of the molecule is CNC(=O)C1CCCN(C2CCCNCC2)C1. The highest BCUT2D eigenvalue weighted by molar-refractivity contribution is 5.78. The first kappa shape index (κ1) is 12.8. The van der Waals surface area contributed by atoms with Crippen LogP contribution < -0.4 is 10.6 Å². The van der Waals surface area contributed by atoms with E-state index in [1.165, 1.54) is 32.2 Å². The van der Waals surface area contributed by atoms with Crippen LogP contribution in [0.3, 0.4) is 0 Å². The summed E-state index contributed by atoms with van der Waals surface area (Å²) in [5.74, 6) is 0.436.